The average molecular weight is 329 g/mol. The molecular weight excluding hydrogens is 322 g/mol. The minimum atomic E-state index is -2.95. The van der Waals surface area contributed by atoms with Crippen molar-refractivity contribution in [2.24, 2.45) is 0 Å². The van der Waals surface area contributed by atoms with Crippen LogP contribution in [-0.2, 0) is 0 Å². The number of ether oxygens (including phenoxy) is 1. The number of benzene rings is 1. The molecule has 0 saturated carbocycles. The molecule has 0 aliphatic carbocycles. The summed E-state index contributed by atoms with van der Waals surface area (Å²) in [6.45, 7) is -2.95. The quantitative estimate of drug-likeness (QED) is 0.715. The van der Waals surface area contributed by atoms with Crippen molar-refractivity contribution in [2.75, 3.05) is 0 Å². The standard InChI is InChI=1S/C12H7ClF2N4O3/c13-10-16-7-8(17-10)19(12(21)18-9(7)20)5-1-3-6(4-2-5)22-11(14)15/h1-4,11H,(H,16,17)(H,18,20,21). The second-order valence-electron chi connectivity index (χ2n) is 4.19. The third-order valence-corrected chi connectivity index (χ3v) is 3.02. The Hall–Kier alpha value is -2.68. The van der Waals surface area contributed by atoms with Crippen molar-refractivity contribution in [2.45, 2.75) is 6.61 Å². The summed E-state index contributed by atoms with van der Waals surface area (Å²) in [4.78, 5) is 32.2. The second kappa shape index (κ2) is 5.26. The molecule has 2 aromatic heterocycles. The lowest BCUT2D eigenvalue weighted by Crippen LogP contribution is -2.29. The summed E-state index contributed by atoms with van der Waals surface area (Å²) < 4.78 is 29.5. The number of aromatic nitrogens is 4. The summed E-state index contributed by atoms with van der Waals surface area (Å²) in [7, 11) is 0. The number of halogens is 3. The van der Waals surface area contributed by atoms with Crippen LogP contribution in [0.3, 0.4) is 0 Å². The molecule has 0 aliphatic heterocycles. The molecule has 0 radical (unpaired) electrons. The van der Waals surface area contributed by atoms with E-state index in [-0.39, 0.29) is 22.2 Å². The van der Waals surface area contributed by atoms with Crippen LogP contribution in [0, 0.1) is 0 Å². The SMILES string of the molecule is O=c1[nH]c(=O)n(-c2ccc(OC(F)F)cc2)c2nc(Cl)[nH]c12. The van der Waals surface area contributed by atoms with E-state index in [1.165, 1.54) is 24.3 Å². The Bertz CT molecular complexity index is 946. The average Bonchev–Trinajstić information content (AvgIpc) is 2.82. The highest BCUT2D eigenvalue weighted by Crippen LogP contribution is 2.18. The van der Waals surface area contributed by atoms with Gasteiger partial charge in [0.15, 0.2) is 11.2 Å². The third kappa shape index (κ3) is 2.46. The molecule has 0 atom stereocenters. The van der Waals surface area contributed by atoms with Crippen LogP contribution in [0.4, 0.5) is 8.78 Å². The van der Waals surface area contributed by atoms with E-state index in [2.05, 4.69) is 19.7 Å². The van der Waals surface area contributed by atoms with Gasteiger partial charge in [0.2, 0.25) is 5.28 Å². The molecule has 2 N–H and O–H groups in total. The van der Waals surface area contributed by atoms with Gasteiger partial charge in [-0.25, -0.2) is 9.36 Å². The van der Waals surface area contributed by atoms with Gasteiger partial charge in [-0.2, -0.15) is 13.8 Å². The summed E-state index contributed by atoms with van der Waals surface area (Å²) in [6, 6.07) is 5.27. The maximum atomic E-state index is 12.1. The summed E-state index contributed by atoms with van der Waals surface area (Å²) in [5.41, 5.74) is -1.04. The highest BCUT2D eigenvalue weighted by Gasteiger charge is 2.14. The Balaban J connectivity index is 2.18. The maximum absolute atomic E-state index is 12.1. The second-order valence-corrected chi connectivity index (χ2v) is 4.55. The lowest BCUT2D eigenvalue weighted by Gasteiger charge is -2.08. The molecule has 0 saturated heterocycles. The fourth-order valence-corrected chi connectivity index (χ4v) is 2.16. The van der Waals surface area contributed by atoms with Crippen LogP contribution in [0.5, 0.6) is 5.75 Å². The molecule has 3 rings (SSSR count). The predicted molar refractivity (Wildman–Crippen MR) is 74.0 cm³/mol. The largest absolute Gasteiger partial charge is 0.435 e. The van der Waals surface area contributed by atoms with Crippen molar-refractivity contribution in [3.8, 4) is 11.4 Å². The van der Waals surface area contributed by atoms with Crippen molar-refractivity contribution >= 4 is 22.8 Å². The molecule has 7 nitrogen and oxygen atoms in total. The number of alkyl halides is 2. The molecule has 114 valence electrons. The molecule has 22 heavy (non-hydrogen) atoms. The maximum Gasteiger partial charge on any atom is 0.387 e. The van der Waals surface area contributed by atoms with E-state index < -0.39 is 17.9 Å². The normalized spacial score (nSPS) is 11.3. The zero-order chi connectivity index (χ0) is 15.9. The lowest BCUT2D eigenvalue weighted by atomic mass is 10.3. The number of fused-ring (bicyclic) bond motifs is 1. The van der Waals surface area contributed by atoms with Gasteiger partial charge in [0.1, 0.15) is 5.75 Å². The molecule has 0 fully saturated rings. The first-order chi connectivity index (χ1) is 10.5. The van der Waals surface area contributed by atoms with Gasteiger partial charge in [-0.1, -0.05) is 0 Å². The van der Waals surface area contributed by atoms with Gasteiger partial charge in [0, 0.05) is 0 Å². The van der Waals surface area contributed by atoms with Gasteiger partial charge in [0.05, 0.1) is 5.69 Å². The van der Waals surface area contributed by atoms with Crippen molar-refractivity contribution in [1.82, 2.24) is 19.5 Å². The summed E-state index contributed by atoms with van der Waals surface area (Å²) in [5, 5.41) is -0.0579. The Labute approximate surface area is 125 Å². The topological polar surface area (TPSA) is 92.8 Å². The van der Waals surface area contributed by atoms with E-state index in [0.29, 0.717) is 5.69 Å². The van der Waals surface area contributed by atoms with Crippen LogP contribution < -0.4 is 16.0 Å². The Morgan fingerprint density at radius 2 is 1.86 bits per heavy atom. The van der Waals surface area contributed by atoms with Gasteiger partial charge in [-0.3, -0.25) is 9.78 Å². The van der Waals surface area contributed by atoms with Crippen molar-refractivity contribution in [1.29, 1.82) is 0 Å². The Kier molecular flexibility index (Phi) is 3.41. The van der Waals surface area contributed by atoms with E-state index in [9.17, 15) is 18.4 Å². The highest BCUT2D eigenvalue weighted by molar-refractivity contribution is 6.29. The molecule has 10 heteroatoms. The van der Waals surface area contributed by atoms with E-state index >= 15 is 0 Å². The highest BCUT2D eigenvalue weighted by atomic mass is 35.5. The first-order valence-electron chi connectivity index (χ1n) is 5.91. The number of hydrogen-bond acceptors (Lipinski definition) is 4. The van der Waals surface area contributed by atoms with Crippen molar-refractivity contribution < 1.29 is 13.5 Å². The van der Waals surface area contributed by atoms with E-state index in [1.807, 2.05) is 0 Å². The number of nitrogens with zero attached hydrogens (tertiary/aromatic N) is 2. The van der Waals surface area contributed by atoms with Crippen LogP contribution in [-0.4, -0.2) is 26.1 Å². The Morgan fingerprint density at radius 1 is 1.18 bits per heavy atom. The number of imidazole rings is 1. The monoisotopic (exact) mass is 328 g/mol. The van der Waals surface area contributed by atoms with Crippen LogP contribution >= 0.6 is 11.6 Å². The van der Waals surface area contributed by atoms with Crippen LogP contribution in [0.2, 0.25) is 5.28 Å². The lowest BCUT2D eigenvalue weighted by molar-refractivity contribution is -0.0498. The van der Waals surface area contributed by atoms with Crippen molar-refractivity contribution in [3.63, 3.8) is 0 Å². The molecule has 3 aromatic rings. The molecule has 1 aromatic carbocycles. The molecule has 2 heterocycles. The van der Waals surface area contributed by atoms with Gasteiger partial charge >= 0.3 is 12.3 Å². The zero-order valence-corrected chi connectivity index (χ0v) is 11.4. The molecule has 0 unspecified atom stereocenters. The molecular formula is C12H7ClF2N4O3. The molecule has 0 aliphatic rings. The minimum absolute atomic E-state index is 0.0255. The van der Waals surface area contributed by atoms with Gasteiger partial charge in [-0.05, 0) is 35.9 Å². The third-order valence-electron chi connectivity index (χ3n) is 2.84. The first kappa shape index (κ1) is 14.3. The van der Waals surface area contributed by atoms with Gasteiger partial charge in [0.25, 0.3) is 5.56 Å². The molecule has 0 bridgehead atoms. The van der Waals surface area contributed by atoms with Gasteiger partial charge < -0.3 is 9.72 Å². The minimum Gasteiger partial charge on any atom is -0.435 e. The van der Waals surface area contributed by atoms with E-state index in [0.717, 1.165) is 4.57 Å². The number of H-pyrrole nitrogens is 2. The molecule has 0 amide bonds. The number of hydrogen-bond donors (Lipinski definition) is 2. The van der Waals surface area contributed by atoms with Gasteiger partial charge in [-0.15, -0.1) is 0 Å². The molecule has 0 spiro atoms. The van der Waals surface area contributed by atoms with Crippen LogP contribution in [0.25, 0.3) is 16.9 Å². The van der Waals surface area contributed by atoms with Crippen molar-refractivity contribution in [3.05, 3.63) is 50.4 Å². The summed E-state index contributed by atoms with van der Waals surface area (Å²) in [6.07, 6.45) is 0. The van der Waals surface area contributed by atoms with Crippen LogP contribution in [0.15, 0.2) is 33.9 Å². The first-order valence-corrected chi connectivity index (χ1v) is 6.29. The Morgan fingerprint density at radius 3 is 2.50 bits per heavy atom. The zero-order valence-electron chi connectivity index (χ0n) is 10.6. The number of rotatable bonds is 3. The number of nitrogens with one attached hydrogen (secondary N) is 2. The van der Waals surface area contributed by atoms with Crippen LogP contribution in [0.1, 0.15) is 0 Å². The summed E-state index contributed by atoms with van der Waals surface area (Å²) in [5.74, 6) is -0.0625. The predicted octanol–water partition coefficient (Wildman–Crippen LogP) is 1.66. The fraction of sp³-hybridized carbons (Fsp3) is 0.0833. The summed E-state index contributed by atoms with van der Waals surface area (Å²) >= 11 is 5.71. The van der Waals surface area contributed by atoms with E-state index in [1.54, 1.807) is 0 Å². The number of aromatic amines is 2. The smallest absolute Gasteiger partial charge is 0.387 e. The fourth-order valence-electron chi connectivity index (χ4n) is 1.98. The van der Waals surface area contributed by atoms with E-state index in [4.69, 9.17) is 11.6 Å².